The summed E-state index contributed by atoms with van der Waals surface area (Å²) in [6.07, 6.45) is 3.61. The van der Waals surface area contributed by atoms with Gasteiger partial charge in [-0.3, -0.25) is 9.67 Å². The molecule has 0 radical (unpaired) electrons. The van der Waals surface area contributed by atoms with Crippen LogP contribution >= 0.6 is 0 Å². The fourth-order valence-electron chi connectivity index (χ4n) is 1.42. The number of pyridine rings is 1. The van der Waals surface area contributed by atoms with E-state index in [9.17, 15) is 0 Å². The topological polar surface area (TPSA) is 42.7 Å². The van der Waals surface area contributed by atoms with Gasteiger partial charge < -0.3 is 5.32 Å². The molecule has 0 spiro atoms. The molecule has 0 unspecified atom stereocenters. The highest BCUT2D eigenvalue weighted by Crippen LogP contribution is 2.08. The lowest BCUT2D eigenvalue weighted by molar-refractivity contribution is 0.720. The third-order valence-corrected chi connectivity index (χ3v) is 2.29. The van der Waals surface area contributed by atoms with Crippen molar-refractivity contribution in [3.8, 4) is 0 Å². The van der Waals surface area contributed by atoms with Crippen molar-refractivity contribution in [2.24, 2.45) is 7.05 Å². The first-order valence-corrected chi connectivity index (χ1v) is 4.89. The van der Waals surface area contributed by atoms with Gasteiger partial charge in [-0.15, -0.1) is 0 Å². The molecule has 1 N–H and O–H groups in total. The van der Waals surface area contributed by atoms with Gasteiger partial charge in [0.15, 0.2) is 0 Å². The third kappa shape index (κ3) is 2.34. The van der Waals surface area contributed by atoms with Crippen LogP contribution in [0.5, 0.6) is 0 Å². The lowest BCUT2D eigenvalue weighted by atomic mass is 10.3. The van der Waals surface area contributed by atoms with E-state index in [-0.39, 0.29) is 0 Å². The minimum atomic E-state index is 0.778. The smallest absolute Gasteiger partial charge is 0.0571 e. The van der Waals surface area contributed by atoms with E-state index in [2.05, 4.69) is 15.4 Å². The first-order valence-electron chi connectivity index (χ1n) is 4.89. The predicted octanol–water partition coefficient (Wildman–Crippen LogP) is 1.74. The van der Waals surface area contributed by atoms with Crippen molar-refractivity contribution in [1.29, 1.82) is 0 Å². The summed E-state index contributed by atoms with van der Waals surface area (Å²) in [5.41, 5.74) is 3.26. The molecule has 2 aromatic heterocycles. The van der Waals surface area contributed by atoms with Crippen molar-refractivity contribution >= 4 is 5.69 Å². The molecule has 0 saturated carbocycles. The van der Waals surface area contributed by atoms with Crippen molar-refractivity contribution < 1.29 is 0 Å². The maximum Gasteiger partial charge on any atom is 0.0571 e. The Morgan fingerprint density at radius 2 is 2.20 bits per heavy atom. The van der Waals surface area contributed by atoms with Crippen molar-refractivity contribution in [2.75, 3.05) is 5.32 Å². The van der Waals surface area contributed by atoms with E-state index in [1.807, 2.05) is 36.9 Å². The molecule has 78 valence electrons. The normalized spacial score (nSPS) is 10.3. The molecule has 0 atom stereocenters. The number of hydrogen-bond acceptors (Lipinski definition) is 3. The number of aryl methyl sites for hydroxylation is 2. The maximum absolute atomic E-state index is 4.14. The SMILES string of the molecule is Cc1cc(NCc2ccnn2C)ccn1. The molecule has 0 amide bonds. The fourth-order valence-corrected chi connectivity index (χ4v) is 1.42. The van der Waals surface area contributed by atoms with Crippen LogP contribution in [0.1, 0.15) is 11.4 Å². The van der Waals surface area contributed by atoms with Crippen LogP contribution in [-0.2, 0) is 13.6 Å². The van der Waals surface area contributed by atoms with Crippen molar-refractivity contribution in [1.82, 2.24) is 14.8 Å². The Kier molecular flexibility index (Phi) is 2.67. The van der Waals surface area contributed by atoms with Gasteiger partial charge in [-0.2, -0.15) is 5.10 Å². The Labute approximate surface area is 89.0 Å². The van der Waals surface area contributed by atoms with E-state index in [0.29, 0.717) is 0 Å². The molecule has 15 heavy (non-hydrogen) atoms. The zero-order valence-electron chi connectivity index (χ0n) is 8.94. The van der Waals surface area contributed by atoms with Crippen LogP contribution < -0.4 is 5.32 Å². The molecule has 2 heterocycles. The third-order valence-electron chi connectivity index (χ3n) is 2.29. The van der Waals surface area contributed by atoms with Crippen LogP contribution in [0.15, 0.2) is 30.6 Å². The molecule has 0 bridgehead atoms. The molecule has 0 aliphatic carbocycles. The van der Waals surface area contributed by atoms with Crippen LogP contribution in [0.3, 0.4) is 0 Å². The van der Waals surface area contributed by atoms with Crippen LogP contribution in [0.4, 0.5) is 5.69 Å². The highest BCUT2D eigenvalue weighted by Gasteiger charge is 1.98. The van der Waals surface area contributed by atoms with Gasteiger partial charge >= 0.3 is 0 Å². The average Bonchev–Trinajstić information content (AvgIpc) is 2.61. The van der Waals surface area contributed by atoms with E-state index in [4.69, 9.17) is 0 Å². The molecule has 2 rings (SSSR count). The number of hydrogen-bond donors (Lipinski definition) is 1. The zero-order valence-corrected chi connectivity index (χ0v) is 8.94. The molecule has 0 aromatic carbocycles. The largest absolute Gasteiger partial charge is 0.379 e. The maximum atomic E-state index is 4.14. The first kappa shape index (κ1) is 9.71. The van der Waals surface area contributed by atoms with Crippen molar-refractivity contribution in [3.63, 3.8) is 0 Å². The van der Waals surface area contributed by atoms with Crippen LogP contribution in [-0.4, -0.2) is 14.8 Å². The van der Waals surface area contributed by atoms with Crippen molar-refractivity contribution in [2.45, 2.75) is 13.5 Å². The minimum Gasteiger partial charge on any atom is -0.379 e. The van der Waals surface area contributed by atoms with E-state index in [1.165, 1.54) is 0 Å². The Morgan fingerprint density at radius 1 is 1.33 bits per heavy atom. The molecule has 0 fully saturated rings. The number of rotatable bonds is 3. The Hall–Kier alpha value is -1.84. The summed E-state index contributed by atoms with van der Waals surface area (Å²) in [5, 5.41) is 7.44. The van der Waals surface area contributed by atoms with Gasteiger partial charge in [-0.1, -0.05) is 0 Å². The molecule has 4 heteroatoms. The molecular formula is C11H14N4. The second kappa shape index (κ2) is 4.13. The van der Waals surface area contributed by atoms with Gasteiger partial charge in [0.1, 0.15) is 0 Å². The average molecular weight is 202 g/mol. The van der Waals surface area contributed by atoms with Gasteiger partial charge in [-0.25, -0.2) is 0 Å². The van der Waals surface area contributed by atoms with E-state index in [0.717, 1.165) is 23.6 Å². The van der Waals surface area contributed by atoms with Crippen molar-refractivity contribution in [3.05, 3.63) is 42.0 Å². The summed E-state index contributed by atoms with van der Waals surface area (Å²) < 4.78 is 1.86. The molecular weight excluding hydrogens is 188 g/mol. The van der Waals surface area contributed by atoms with Crippen LogP contribution in [0.2, 0.25) is 0 Å². The lowest BCUT2D eigenvalue weighted by Gasteiger charge is -2.06. The van der Waals surface area contributed by atoms with E-state index in [1.54, 1.807) is 12.4 Å². The number of nitrogens with zero attached hydrogens (tertiary/aromatic N) is 3. The monoisotopic (exact) mass is 202 g/mol. The quantitative estimate of drug-likeness (QED) is 0.824. The number of anilines is 1. The summed E-state index contributed by atoms with van der Waals surface area (Å²) in [6, 6.07) is 5.99. The van der Waals surface area contributed by atoms with Gasteiger partial charge in [0.2, 0.25) is 0 Å². The summed E-state index contributed by atoms with van der Waals surface area (Å²) in [4.78, 5) is 4.14. The Balaban J connectivity index is 2.02. The zero-order chi connectivity index (χ0) is 10.7. The Morgan fingerprint density at radius 3 is 2.87 bits per heavy atom. The van der Waals surface area contributed by atoms with E-state index >= 15 is 0 Å². The summed E-state index contributed by atoms with van der Waals surface area (Å²) in [7, 11) is 1.94. The molecule has 0 aliphatic heterocycles. The summed E-state index contributed by atoms with van der Waals surface area (Å²) in [6.45, 7) is 2.76. The minimum absolute atomic E-state index is 0.778. The molecule has 0 aliphatic rings. The van der Waals surface area contributed by atoms with E-state index < -0.39 is 0 Å². The summed E-state index contributed by atoms with van der Waals surface area (Å²) >= 11 is 0. The molecule has 0 saturated heterocycles. The number of nitrogens with one attached hydrogen (secondary N) is 1. The standard InChI is InChI=1S/C11H14N4/c1-9-7-10(3-5-12-9)13-8-11-4-6-14-15(11)2/h3-7H,8H2,1-2H3,(H,12,13). The fraction of sp³-hybridized carbons (Fsp3) is 0.273. The highest BCUT2D eigenvalue weighted by atomic mass is 15.3. The second-order valence-electron chi connectivity index (χ2n) is 3.49. The van der Waals surface area contributed by atoms with Gasteiger partial charge in [0.25, 0.3) is 0 Å². The Bertz CT molecular complexity index is 447. The first-order chi connectivity index (χ1) is 7.25. The summed E-state index contributed by atoms with van der Waals surface area (Å²) in [5.74, 6) is 0. The van der Waals surface area contributed by atoms with Crippen LogP contribution in [0.25, 0.3) is 0 Å². The predicted molar refractivity (Wildman–Crippen MR) is 59.5 cm³/mol. The lowest BCUT2D eigenvalue weighted by Crippen LogP contribution is -2.05. The molecule has 2 aromatic rings. The second-order valence-corrected chi connectivity index (χ2v) is 3.49. The highest BCUT2D eigenvalue weighted by molar-refractivity contribution is 5.43. The van der Waals surface area contributed by atoms with Gasteiger partial charge in [0.05, 0.1) is 12.2 Å². The molecule has 4 nitrogen and oxygen atoms in total. The van der Waals surface area contributed by atoms with Gasteiger partial charge in [0, 0.05) is 30.8 Å². The number of aromatic nitrogens is 3. The van der Waals surface area contributed by atoms with Crippen LogP contribution in [0, 0.1) is 6.92 Å². The van der Waals surface area contributed by atoms with Gasteiger partial charge in [-0.05, 0) is 25.1 Å².